The van der Waals surface area contributed by atoms with E-state index < -0.39 is 0 Å². The smallest absolute Gasteiger partial charge is 0.175 e. The predicted molar refractivity (Wildman–Crippen MR) is 79.4 cm³/mol. The highest BCUT2D eigenvalue weighted by atomic mass is 16.4. The van der Waals surface area contributed by atoms with Crippen molar-refractivity contribution >= 4 is 11.7 Å². The van der Waals surface area contributed by atoms with Gasteiger partial charge in [-0.3, -0.25) is 4.68 Å². The number of oxime groups is 1. The Balaban J connectivity index is 2.46. The number of aryl methyl sites for hydroxylation is 2. The summed E-state index contributed by atoms with van der Waals surface area (Å²) < 4.78 is 1.82. The minimum absolute atomic E-state index is 0.121. The first-order valence-electron chi connectivity index (χ1n) is 6.92. The van der Waals surface area contributed by atoms with Crippen molar-refractivity contribution in [2.24, 2.45) is 17.9 Å². The summed E-state index contributed by atoms with van der Waals surface area (Å²) in [4.78, 5) is 4.63. The second-order valence-corrected chi connectivity index (χ2v) is 5.55. The summed E-state index contributed by atoms with van der Waals surface area (Å²) >= 11 is 0. The molecule has 1 saturated heterocycles. The third kappa shape index (κ3) is 2.58. The molecule has 1 aromatic heterocycles. The van der Waals surface area contributed by atoms with Gasteiger partial charge in [0.05, 0.1) is 11.3 Å². The van der Waals surface area contributed by atoms with Gasteiger partial charge in [-0.2, -0.15) is 5.10 Å². The molecule has 0 aliphatic carbocycles. The summed E-state index contributed by atoms with van der Waals surface area (Å²) in [5, 5.41) is 16.6. The van der Waals surface area contributed by atoms with Gasteiger partial charge < -0.3 is 20.7 Å². The van der Waals surface area contributed by atoms with Crippen molar-refractivity contribution in [3.8, 4) is 0 Å². The summed E-state index contributed by atoms with van der Waals surface area (Å²) in [6, 6.07) is 0.350. The van der Waals surface area contributed by atoms with Gasteiger partial charge in [0.25, 0.3) is 0 Å². The Morgan fingerprint density at radius 1 is 1.40 bits per heavy atom. The van der Waals surface area contributed by atoms with Gasteiger partial charge in [-0.05, 0) is 33.9 Å². The van der Waals surface area contributed by atoms with E-state index in [9.17, 15) is 0 Å². The van der Waals surface area contributed by atoms with Gasteiger partial charge in [0.1, 0.15) is 5.82 Å². The molecule has 1 atom stereocenters. The van der Waals surface area contributed by atoms with Gasteiger partial charge >= 0.3 is 0 Å². The molecular formula is C13H24N6O. The molecule has 7 heteroatoms. The molecule has 1 aromatic rings. The lowest BCUT2D eigenvalue weighted by Gasteiger charge is -2.30. The SMILES string of the molecule is Cc1nn(C)c(N2CCCN(C)CC2C)c1C(N)=NO. The maximum atomic E-state index is 9.01. The van der Waals surface area contributed by atoms with Crippen molar-refractivity contribution in [3.05, 3.63) is 11.3 Å². The average molecular weight is 280 g/mol. The molecule has 1 fully saturated rings. The summed E-state index contributed by atoms with van der Waals surface area (Å²) in [6.07, 6.45) is 1.08. The molecule has 0 aromatic carbocycles. The molecule has 7 nitrogen and oxygen atoms in total. The summed E-state index contributed by atoms with van der Waals surface area (Å²) in [5.41, 5.74) is 7.35. The van der Waals surface area contributed by atoms with Crippen LogP contribution in [0.3, 0.4) is 0 Å². The zero-order valence-electron chi connectivity index (χ0n) is 12.7. The van der Waals surface area contributed by atoms with Crippen LogP contribution >= 0.6 is 0 Å². The Kier molecular flexibility index (Phi) is 4.17. The number of amidine groups is 1. The number of rotatable bonds is 2. The van der Waals surface area contributed by atoms with Gasteiger partial charge in [0.2, 0.25) is 0 Å². The van der Waals surface area contributed by atoms with Crippen molar-refractivity contribution < 1.29 is 5.21 Å². The Morgan fingerprint density at radius 2 is 2.10 bits per heavy atom. The van der Waals surface area contributed by atoms with Crippen LogP contribution in [0.25, 0.3) is 0 Å². The van der Waals surface area contributed by atoms with E-state index in [1.54, 1.807) is 0 Å². The maximum absolute atomic E-state index is 9.01. The fourth-order valence-corrected chi connectivity index (χ4v) is 3.01. The zero-order valence-corrected chi connectivity index (χ0v) is 12.7. The lowest BCUT2D eigenvalue weighted by atomic mass is 10.2. The third-order valence-corrected chi connectivity index (χ3v) is 3.87. The van der Waals surface area contributed by atoms with Crippen LogP contribution in [0.15, 0.2) is 5.16 Å². The molecule has 2 rings (SSSR count). The van der Waals surface area contributed by atoms with Gasteiger partial charge in [0, 0.05) is 26.2 Å². The van der Waals surface area contributed by atoms with Gasteiger partial charge in [-0.15, -0.1) is 0 Å². The Labute approximate surface area is 119 Å². The molecule has 3 N–H and O–H groups in total. The molecule has 1 unspecified atom stereocenters. The highest BCUT2D eigenvalue weighted by Crippen LogP contribution is 2.26. The van der Waals surface area contributed by atoms with Crippen molar-refractivity contribution in [3.63, 3.8) is 0 Å². The van der Waals surface area contributed by atoms with Crippen molar-refractivity contribution in [2.75, 3.05) is 31.6 Å². The summed E-state index contributed by atoms with van der Waals surface area (Å²) in [5.74, 6) is 1.05. The van der Waals surface area contributed by atoms with Crippen molar-refractivity contribution in [1.29, 1.82) is 0 Å². The van der Waals surface area contributed by atoms with E-state index in [4.69, 9.17) is 10.9 Å². The number of hydrogen-bond donors (Lipinski definition) is 2. The van der Waals surface area contributed by atoms with Gasteiger partial charge in [-0.25, -0.2) is 0 Å². The van der Waals surface area contributed by atoms with Gasteiger partial charge in [-0.1, -0.05) is 5.16 Å². The number of hydrogen-bond acceptors (Lipinski definition) is 5. The Hall–Kier alpha value is -1.76. The zero-order chi connectivity index (χ0) is 14.9. The van der Waals surface area contributed by atoms with Crippen molar-refractivity contribution in [1.82, 2.24) is 14.7 Å². The molecule has 1 aliphatic heterocycles. The van der Waals surface area contributed by atoms with Crippen LogP contribution in [0, 0.1) is 6.92 Å². The van der Waals surface area contributed by atoms with E-state index in [0.717, 1.165) is 43.1 Å². The molecule has 0 spiro atoms. The number of aromatic nitrogens is 2. The molecule has 0 amide bonds. The number of nitrogens with two attached hydrogens (primary N) is 1. The first-order chi connectivity index (χ1) is 9.45. The van der Waals surface area contributed by atoms with Crippen LogP contribution in [0.5, 0.6) is 0 Å². The van der Waals surface area contributed by atoms with Crippen LogP contribution in [0.4, 0.5) is 5.82 Å². The van der Waals surface area contributed by atoms with E-state index in [2.05, 4.69) is 34.0 Å². The summed E-state index contributed by atoms with van der Waals surface area (Å²) in [7, 11) is 4.04. The van der Waals surface area contributed by atoms with E-state index in [0.29, 0.717) is 6.04 Å². The van der Waals surface area contributed by atoms with Crippen molar-refractivity contribution in [2.45, 2.75) is 26.3 Å². The van der Waals surface area contributed by atoms with E-state index in [1.807, 2.05) is 18.7 Å². The Morgan fingerprint density at radius 3 is 2.75 bits per heavy atom. The van der Waals surface area contributed by atoms with Crippen LogP contribution < -0.4 is 10.6 Å². The lowest BCUT2D eigenvalue weighted by molar-refractivity contribution is 0.318. The number of anilines is 1. The first-order valence-corrected chi connectivity index (χ1v) is 6.92. The number of nitrogens with zero attached hydrogens (tertiary/aromatic N) is 5. The fourth-order valence-electron chi connectivity index (χ4n) is 3.01. The first kappa shape index (κ1) is 14.6. The minimum atomic E-state index is 0.121. The Bertz CT molecular complexity index is 509. The normalized spacial score (nSPS) is 22.1. The standard InChI is InChI=1S/C13H24N6O/c1-9-8-17(3)6-5-7-19(9)13-11(12(14)16-20)10(2)15-18(13)4/h9,20H,5-8H2,1-4H3,(H2,14,16). The molecular weight excluding hydrogens is 256 g/mol. The van der Waals surface area contributed by atoms with Crippen LogP contribution in [-0.4, -0.2) is 58.4 Å². The van der Waals surface area contributed by atoms with Gasteiger partial charge in [0.15, 0.2) is 5.84 Å². The van der Waals surface area contributed by atoms with E-state index >= 15 is 0 Å². The second-order valence-electron chi connectivity index (χ2n) is 5.55. The monoisotopic (exact) mass is 280 g/mol. The topological polar surface area (TPSA) is 82.9 Å². The highest BCUT2D eigenvalue weighted by Gasteiger charge is 2.27. The van der Waals surface area contributed by atoms with Crippen LogP contribution in [-0.2, 0) is 7.05 Å². The minimum Gasteiger partial charge on any atom is -0.409 e. The third-order valence-electron chi connectivity index (χ3n) is 3.87. The molecule has 112 valence electrons. The molecule has 20 heavy (non-hydrogen) atoms. The van der Waals surface area contributed by atoms with Crippen LogP contribution in [0.1, 0.15) is 24.6 Å². The lowest BCUT2D eigenvalue weighted by Crippen LogP contribution is -2.40. The predicted octanol–water partition coefficient (Wildman–Crippen LogP) is 0.353. The molecule has 2 heterocycles. The molecule has 1 aliphatic rings. The van der Waals surface area contributed by atoms with Crippen LogP contribution in [0.2, 0.25) is 0 Å². The molecule has 0 saturated carbocycles. The van der Waals surface area contributed by atoms with E-state index in [-0.39, 0.29) is 5.84 Å². The largest absolute Gasteiger partial charge is 0.409 e. The maximum Gasteiger partial charge on any atom is 0.175 e. The molecule has 0 radical (unpaired) electrons. The quantitative estimate of drug-likeness (QED) is 0.353. The second kappa shape index (κ2) is 5.70. The fraction of sp³-hybridized carbons (Fsp3) is 0.692. The average Bonchev–Trinajstić information content (AvgIpc) is 2.57. The summed E-state index contributed by atoms with van der Waals surface area (Å²) in [6.45, 7) is 7.08. The number of likely N-dealkylation sites (N-methyl/N-ethyl adjacent to an activating group) is 1. The van der Waals surface area contributed by atoms with E-state index in [1.165, 1.54) is 0 Å². The highest BCUT2D eigenvalue weighted by molar-refractivity contribution is 6.02. The molecule has 0 bridgehead atoms.